The minimum Gasteiger partial charge on any atom is -0.383 e. The van der Waals surface area contributed by atoms with Crippen LogP contribution in [0.2, 0.25) is 5.02 Å². The van der Waals surface area contributed by atoms with Crippen LogP contribution in [0.5, 0.6) is 0 Å². The van der Waals surface area contributed by atoms with E-state index in [4.69, 9.17) is 22.3 Å². The Morgan fingerprint density at radius 3 is 2.52 bits per heavy atom. The predicted octanol–water partition coefficient (Wildman–Crippen LogP) is 5.26. The zero-order valence-corrected chi connectivity index (χ0v) is 15.2. The zero-order valence-electron chi connectivity index (χ0n) is 12.9. The second kappa shape index (κ2) is 6.01. The van der Waals surface area contributed by atoms with Crippen molar-refractivity contribution in [3.8, 4) is 11.3 Å². The van der Waals surface area contributed by atoms with Crippen LogP contribution in [-0.2, 0) is 12.0 Å². The summed E-state index contributed by atoms with van der Waals surface area (Å²) in [6.07, 6.45) is 1.02. The lowest BCUT2D eigenvalue weighted by molar-refractivity contribution is 0.498. The molecule has 0 spiro atoms. The van der Waals surface area contributed by atoms with E-state index in [-0.39, 0.29) is 5.41 Å². The highest BCUT2D eigenvalue weighted by atomic mass is 79.9. The number of nitrogen functional groups attached to an aromatic ring is 1. The Morgan fingerprint density at radius 2 is 2.00 bits per heavy atom. The molecule has 0 saturated heterocycles. The second-order valence-corrected chi connectivity index (χ2v) is 7.49. The number of rotatable bonds is 3. The summed E-state index contributed by atoms with van der Waals surface area (Å²) < 4.78 is 3.03. The van der Waals surface area contributed by atoms with Gasteiger partial charge in [-0.2, -0.15) is 0 Å². The summed E-state index contributed by atoms with van der Waals surface area (Å²) in [5.41, 5.74) is 8.10. The molecule has 2 aromatic rings. The Hall–Kier alpha value is -1.00. The van der Waals surface area contributed by atoms with Gasteiger partial charge in [0, 0.05) is 27.0 Å². The Kier molecular flexibility index (Phi) is 4.69. The van der Waals surface area contributed by atoms with E-state index < -0.39 is 0 Å². The summed E-state index contributed by atoms with van der Waals surface area (Å²) in [6, 6.07) is 5.68. The van der Waals surface area contributed by atoms with Crippen LogP contribution >= 0.6 is 27.5 Å². The summed E-state index contributed by atoms with van der Waals surface area (Å²) in [7, 11) is 0. The molecule has 2 N–H and O–H groups in total. The topological polar surface area (TPSA) is 43.8 Å². The van der Waals surface area contributed by atoms with Gasteiger partial charge in [0.25, 0.3) is 0 Å². The van der Waals surface area contributed by atoms with Crippen LogP contribution in [0.1, 0.15) is 39.9 Å². The normalized spacial score (nSPS) is 11.9. The van der Waals surface area contributed by atoms with Gasteiger partial charge >= 0.3 is 0 Å². The number of nitrogens with two attached hydrogens (primary N) is 1. The summed E-state index contributed by atoms with van der Waals surface area (Å²) in [6.45, 7) is 9.48. The van der Waals surface area contributed by atoms with Gasteiger partial charge in [0.1, 0.15) is 17.3 Å². The maximum absolute atomic E-state index is 6.37. The highest BCUT2D eigenvalue weighted by Gasteiger charge is 2.25. The van der Waals surface area contributed by atoms with Crippen LogP contribution in [-0.4, -0.2) is 9.55 Å². The third kappa shape index (κ3) is 3.27. The standard InChI is InChI=1S/C16H21BrClN3/c1-5-8-21-14(19)13(20-15(21)16(2,3)4)11-7-6-10(18)9-12(11)17/h6-7,9H,5,8,19H2,1-4H3. The molecular weight excluding hydrogens is 350 g/mol. The van der Waals surface area contributed by atoms with E-state index in [0.29, 0.717) is 10.8 Å². The lowest BCUT2D eigenvalue weighted by atomic mass is 9.95. The number of imidazole rings is 1. The van der Waals surface area contributed by atoms with E-state index in [1.807, 2.05) is 18.2 Å². The van der Waals surface area contributed by atoms with Crippen LogP contribution in [0.4, 0.5) is 5.82 Å². The average Bonchev–Trinajstić information content (AvgIpc) is 2.68. The smallest absolute Gasteiger partial charge is 0.131 e. The molecule has 3 nitrogen and oxygen atoms in total. The molecule has 0 unspecified atom stereocenters. The van der Waals surface area contributed by atoms with Gasteiger partial charge in [-0.05, 0) is 18.6 Å². The van der Waals surface area contributed by atoms with E-state index in [0.717, 1.165) is 34.5 Å². The van der Waals surface area contributed by atoms with Crippen molar-refractivity contribution < 1.29 is 0 Å². The molecule has 1 aromatic carbocycles. The Morgan fingerprint density at radius 1 is 1.33 bits per heavy atom. The lowest BCUT2D eigenvalue weighted by Gasteiger charge is -2.19. The molecule has 0 aliphatic rings. The monoisotopic (exact) mass is 369 g/mol. The van der Waals surface area contributed by atoms with Crippen LogP contribution in [0.15, 0.2) is 22.7 Å². The Balaban J connectivity index is 2.65. The molecule has 114 valence electrons. The van der Waals surface area contributed by atoms with Crippen LogP contribution in [0, 0.1) is 0 Å². The van der Waals surface area contributed by atoms with E-state index in [2.05, 4.69) is 48.2 Å². The fourth-order valence-corrected chi connectivity index (χ4v) is 3.24. The number of nitrogens with zero attached hydrogens (tertiary/aromatic N) is 2. The van der Waals surface area contributed by atoms with Crippen molar-refractivity contribution in [2.45, 2.75) is 46.1 Å². The van der Waals surface area contributed by atoms with Gasteiger partial charge in [-0.25, -0.2) is 4.98 Å². The van der Waals surface area contributed by atoms with Crippen molar-refractivity contribution in [3.63, 3.8) is 0 Å². The molecule has 21 heavy (non-hydrogen) atoms. The predicted molar refractivity (Wildman–Crippen MR) is 93.8 cm³/mol. The average molecular weight is 371 g/mol. The minimum atomic E-state index is -0.0551. The van der Waals surface area contributed by atoms with Gasteiger partial charge in [0.2, 0.25) is 0 Å². The first-order chi connectivity index (χ1) is 9.75. The first kappa shape index (κ1) is 16.4. The molecule has 0 bridgehead atoms. The molecule has 0 amide bonds. The summed E-state index contributed by atoms with van der Waals surface area (Å²) >= 11 is 9.57. The first-order valence-electron chi connectivity index (χ1n) is 7.07. The van der Waals surface area contributed by atoms with Gasteiger partial charge in [-0.15, -0.1) is 0 Å². The van der Waals surface area contributed by atoms with Crippen molar-refractivity contribution in [2.75, 3.05) is 5.73 Å². The Labute approximate surface area is 139 Å². The molecule has 2 rings (SSSR count). The van der Waals surface area contributed by atoms with Crippen molar-refractivity contribution in [1.29, 1.82) is 0 Å². The number of hydrogen-bond donors (Lipinski definition) is 1. The number of anilines is 1. The van der Waals surface area contributed by atoms with Crippen molar-refractivity contribution in [3.05, 3.63) is 33.5 Å². The third-order valence-electron chi connectivity index (χ3n) is 3.31. The van der Waals surface area contributed by atoms with Crippen molar-refractivity contribution in [2.24, 2.45) is 0 Å². The van der Waals surface area contributed by atoms with Crippen LogP contribution in [0.3, 0.4) is 0 Å². The highest BCUT2D eigenvalue weighted by Crippen LogP contribution is 2.36. The molecule has 5 heteroatoms. The molecule has 1 heterocycles. The van der Waals surface area contributed by atoms with Gasteiger partial charge < -0.3 is 10.3 Å². The van der Waals surface area contributed by atoms with Gasteiger partial charge in [0.15, 0.2) is 0 Å². The van der Waals surface area contributed by atoms with E-state index in [1.165, 1.54) is 0 Å². The first-order valence-corrected chi connectivity index (χ1v) is 8.24. The fourth-order valence-electron chi connectivity index (χ4n) is 2.37. The fraction of sp³-hybridized carbons (Fsp3) is 0.438. The quantitative estimate of drug-likeness (QED) is 0.801. The minimum absolute atomic E-state index is 0.0551. The maximum atomic E-state index is 6.37. The largest absolute Gasteiger partial charge is 0.383 e. The number of hydrogen-bond acceptors (Lipinski definition) is 2. The lowest BCUT2D eigenvalue weighted by Crippen LogP contribution is -2.19. The number of halogens is 2. The van der Waals surface area contributed by atoms with Crippen molar-refractivity contribution >= 4 is 33.3 Å². The molecule has 0 aliphatic heterocycles. The van der Waals surface area contributed by atoms with Gasteiger partial charge in [-0.1, -0.05) is 61.3 Å². The van der Waals surface area contributed by atoms with E-state index in [1.54, 1.807) is 0 Å². The molecular formula is C16H21BrClN3. The summed E-state index contributed by atoms with van der Waals surface area (Å²) in [5, 5.41) is 0.688. The van der Waals surface area contributed by atoms with E-state index in [9.17, 15) is 0 Å². The molecule has 0 radical (unpaired) electrons. The molecule has 0 atom stereocenters. The summed E-state index contributed by atoms with van der Waals surface area (Å²) in [4.78, 5) is 4.83. The van der Waals surface area contributed by atoms with Gasteiger partial charge in [-0.3, -0.25) is 0 Å². The zero-order chi connectivity index (χ0) is 15.8. The highest BCUT2D eigenvalue weighted by molar-refractivity contribution is 9.10. The van der Waals surface area contributed by atoms with Crippen molar-refractivity contribution in [1.82, 2.24) is 9.55 Å². The molecule has 0 aliphatic carbocycles. The summed E-state index contributed by atoms with van der Waals surface area (Å²) in [5.74, 6) is 1.73. The number of benzene rings is 1. The second-order valence-electron chi connectivity index (χ2n) is 6.20. The molecule has 0 fully saturated rings. The van der Waals surface area contributed by atoms with Crippen LogP contribution in [0.25, 0.3) is 11.3 Å². The maximum Gasteiger partial charge on any atom is 0.131 e. The van der Waals surface area contributed by atoms with Gasteiger partial charge in [0.05, 0.1) is 0 Å². The third-order valence-corrected chi connectivity index (χ3v) is 4.20. The number of aromatic nitrogens is 2. The Bertz CT molecular complexity index is 656. The van der Waals surface area contributed by atoms with E-state index >= 15 is 0 Å². The molecule has 1 aromatic heterocycles. The van der Waals surface area contributed by atoms with Crippen LogP contribution < -0.4 is 5.73 Å². The molecule has 0 saturated carbocycles. The SMILES string of the molecule is CCCn1c(C(C)(C)C)nc(-c2ccc(Cl)cc2Br)c1N.